The van der Waals surface area contributed by atoms with E-state index in [-0.39, 0.29) is 11.8 Å². The van der Waals surface area contributed by atoms with Gasteiger partial charge in [-0.15, -0.1) is 0 Å². The van der Waals surface area contributed by atoms with Gasteiger partial charge in [-0.1, -0.05) is 20.8 Å². The molecule has 0 aliphatic carbocycles. The number of hydrogen-bond donors (Lipinski definition) is 3. The highest BCUT2D eigenvalue weighted by Gasteiger charge is 2.20. The van der Waals surface area contributed by atoms with Gasteiger partial charge >= 0.3 is 0 Å². The summed E-state index contributed by atoms with van der Waals surface area (Å²) in [6.45, 7) is 6.65. The third-order valence-corrected chi connectivity index (χ3v) is 1.63. The smallest absolute Gasteiger partial charge is 0.235 e. The molecule has 0 radical (unpaired) electrons. The van der Waals surface area contributed by atoms with Crippen LogP contribution in [0.2, 0.25) is 0 Å². The fourth-order valence-corrected chi connectivity index (χ4v) is 0.904. The summed E-state index contributed by atoms with van der Waals surface area (Å²) in [6.07, 6.45) is -0.0502. The van der Waals surface area contributed by atoms with Crippen molar-refractivity contribution in [1.29, 1.82) is 0 Å². The first kappa shape index (κ1) is 12.9. The van der Waals surface area contributed by atoms with Crippen molar-refractivity contribution in [2.45, 2.75) is 33.2 Å². The molecule has 82 valence electrons. The van der Waals surface area contributed by atoms with Crippen molar-refractivity contribution >= 4 is 11.8 Å². The second-order valence-corrected chi connectivity index (χ2v) is 4.57. The lowest BCUT2D eigenvalue weighted by atomic mass is 9.96. The Bertz CT molecular complexity index is 221. The van der Waals surface area contributed by atoms with E-state index in [9.17, 15) is 9.59 Å². The van der Waals surface area contributed by atoms with Gasteiger partial charge in [-0.05, 0) is 5.41 Å². The van der Waals surface area contributed by atoms with E-state index >= 15 is 0 Å². The average molecular weight is 201 g/mol. The van der Waals surface area contributed by atoms with Crippen LogP contribution in [0.15, 0.2) is 0 Å². The minimum atomic E-state index is -0.660. The number of hydrogen-bond acceptors (Lipinski definition) is 3. The first-order valence-electron chi connectivity index (χ1n) is 4.53. The molecule has 0 fully saturated rings. The number of primary amides is 2. The van der Waals surface area contributed by atoms with Gasteiger partial charge in [0.15, 0.2) is 0 Å². The minimum absolute atomic E-state index is 0.0331. The van der Waals surface area contributed by atoms with Crippen LogP contribution in [-0.2, 0) is 9.59 Å². The fraction of sp³-hybridized carbons (Fsp3) is 0.778. The van der Waals surface area contributed by atoms with E-state index in [1.807, 2.05) is 20.8 Å². The number of amides is 2. The van der Waals surface area contributed by atoms with E-state index in [1.165, 1.54) is 0 Å². The molecule has 14 heavy (non-hydrogen) atoms. The first-order valence-corrected chi connectivity index (χ1v) is 4.53. The van der Waals surface area contributed by atoms with Crippen LogP contribution in [0.1, 0.15) is 27.2 Å². The Morgan fingerprint density at radius 2 is 1.79 bits per heavy atom. The van der Waals surface area contributed by atoms with E-state index in [1.54, 1.807) is 0 Å². The van der Waals surface area contributed by atoms with Crippen molar-refractivity contribution in [3.8, 4) is 0 Å². The molecule has 1 unspecified atom stereocenters. The van der Waals surface area contributed by atoms with Crippen LogP contribution < -0.4 is 16.8 Å². The highest BCUT2D eigenvalue weighted by Crippen LogP contribution is 2.11. The van der Waals surface area contributed by atoms with Crippen LogP contribution in [0, 0.1) is 5.41 Å². The summed E-state index contributed by atoms with van der Waals surface area (Å²) in [7, 11) is 0. The molecule has 0 saturated carbocycles. The van der Waals surface area contributed by atoms with Gasteiger partial charge in [0.2, 0.25) is 11.8 Å². The van der Waals surface area contributed by atoms with Crippen LogP contribution in [0.25, 0.3) is 0 Å². The second-order valence-electron chi connectivity index (χ2n) is 4.57. The molecule has 0 bridgehead atoms. The summed E-state index contributed by atoms with van der Waals surface area (Å²) >= 11 is 0. The molecule has 5 nitrogen and oxygen atoms in total. The molecule has 1 atom stereocenters. The van der Waals surface area contributed by atoms with Gasteiger partial charge in [0, 0.05) is 6.54 Å². The molecule has 0 spiro atoms. The normalized spacial score (nSPS) is 13.6. The molecule has 0 aromatic heterocycles. The predicted octanol–water partition coefficient (Wildman–Crippen LogP) is -0.649. The first-order chi connectivity index (χ1) is 6.22. The molecular formula is C9H19N3O2. The summed E-state index contributed by atoms with van der Waals surface area (Å²) in [5, 5.41) is 2.92. The fourth-order valence-electron chi connectivity index (χ4n) is 0.904. The Labute approximate surface area is 84.2 Å². The van der Waals surface area contributed by atoms with Crippen LogP contribution in [0.3, 0.4) is 0 Å². The molecule has 0 saturated heterocycles. The topological polar surface area (TPSA) is 98.2 Å². The number of nitrogens with two attached hydrogens (primary N) is 2. The molecule has 5 N–H and O–H groups in total. The summed E-state index contributed by atoms with van der Waals surface area (Å²) in [5.41, 5.74) is 10.1. The lowest BCUT2D eigenvalue weighted by Crippen LogP contribution is -2.46. The van der Waals surface area contributed by atoms with Crippen molar-refractivity contribution < 1.29 is 9.59 Å². The highest BCUT2D eigenvalue weighted by atomic mass is 16.2. The molecule has 0 aromatic carbocycles. The van der Waals surface area contributed by atoms with Gasteiger partial charge in [-0.3, -0.25) is 9.59 Å². The lowest BCUT2D eigenvalue weighted by Gasteiger charge is -2.22. The number of nitrogens with one attached hydrogen (secondary N) is 1. The third kappa shape index (κ3) is 6.42. The molecule has 0 rings (SSSR count). The van der Waals surface area contributed by atoms with Crippen molar-refractivity contribution in [2.24, 2.45) is 16.9 Å². The van der Waals surface area contributed by atoms with E-state index in [4.69, 9.17) is 11.5 Å². The van der Waals surface area contributed by atoms with Crippen LogP contribution in [0.5, 0.6) is 0 Å². The zero-order valence-electron chi connectivity index (χ0n) is 8.96. The molecule has 0 heterocycles. The van der Waals surface area contributed by atoms with Crippen molar-refractivity contribution in [1.82, 2.24) is 5.32 Å². The third-order valence-electron chi connectivity index (χ3n) is 1.63. The van der Waals surface area contributed by atoms with Crippen molar-refractivity contribution in [3.63, 3.8) is 0 Å². The van der Waals surface area contributed by atoms with Gasteiger partial charge in [-0.2, -0.15) is 0 Å². The van der Waals surface area contributed by atoms with Crippen molar-refractivity contribution in [2.75, 3.05) is 6.54 Å². The van der Waals surface area contributed by atoms with Crippen LogP contribution >= 0.6 is 0 Å². The second kappa shape index (κ2) is 4.95. The van der Waals surface area contributed by atoms with Gasteiger partial charge in [-0.25, -0.2) is 0 Å². The molecule has 2 amide bonds. The SMILES string of the molecule is CC(C)(C)CNC(CC(N)=O)C(N)=O. The van der Waals surface area contributed by atoms with Crippen molar-refractivity contribution in [3.05, 3.63) is 0 Å². The largest absolute Gasteiger partial charge is 0.370 e. The average Bonchev–Trinajstić information content (AvgIpc) is 1.94. The van der Waals surface area contributed by atoms with Gasteiger partial charge in [0.1, 0.15) is 0 Å². The summed E-state index contributed by atoms with van der Waals surface area (Å²) in [4.78, 5) is 21.5. The zero-order valence-corrected chi connectivity index (χ0v) is 8.96. The Morgan fingerprint density at radius 1 is 1.29 bits per heavy atom. The molecule has 0 aliphatic rings. The summed E-state index contributed by atoms with van der Waals surface area (Å²) in [6, 6.07) is -0.660. The van der Waals surface area contributed by atoms with E-state index in [2.05, 4.69) is 5.32 Å². The van der Waals surface area contributed by atoms with Gasteiger partial charge < -0.3 is 16.8 Å². The summed E-state index contributed by atoms with van der Waals surface area (Å²) in [5.74, 6) is -1.08. The Hall–Kier alpha value is -1.10. The maximum atomic E-state index is 10.9. The predicted molar refractivity (Wildman–Crippen MR) is 54.3 cm³/mol. The Balaban J connectivity index is 4.11. The van der Waals surface area contributed by atoms with Crippen LogP contribution in [0.4, 0.5) is 0 Å². The minimum Gasteiger partial charge on any atom is -0.370 e. The lowest BCUT2D eigenvalue weighted by molar-refractivity contribution is -0.125. The van der Waals surface area contributed by atoms with Gasteiger partial charge in [0.05, 0.1) is 12.5 Å². The molecule has 0 aliphatic heterocycles. The zero-order chi connectivity index (χ0) is 11.4. The summed E-state index contributed by atoms with van der Waals surface area (Å²) < 4.78 is 0. The van der Waals surface area contributed by atoms with E-state index < -0.39 is 17.9 Å². The molecule has 5 heteroatoms. The van der Waals surface area contributed by atoms with Crippen LogP contribution in [-0.4, -0.2) is 24.4 Å². The number of carbonyl (C=O) groups excluding carboxylic acids is 2. The standard InChI is InChI=1S/C9H19N3O2/c1-9(2,3)5-12-6(8(11)14)4-7(10)13/h6,12H,4-5H2,1-3H3,(H2,10,13)(H2,11,14). The van der Waals surface area contributed by atoms with E-state index in [0.29, 0.717) is 6.54 Å². The number of rotatable bonds is 5. The van der Waals surface area contributed by atoms with Gasteiger partial charge in [0.25, 0.3) is 0 Å². The maximum Gasteiger partial charge on any atom is 0.235 e. The monoisotopic (exact) mass is 201 g/mol. The molecular weight excluding hydrogens is 182 g/mol. The number of carbonyl (C=O) groups is 2. The van der Waals surface area contributed by atoms with E-state index in [0.717, 1.165) is 0 Å². The maximum absolute atomic E-state index is 10.9. The quantitative estimate of drug-likeness (QED) is 0.551. The Morgan fingerprint density at radius 3 is 2.07 bits per heavy atom. The Kier molecular flexibility index (Phi) is 4.56. The molecule has 0 aromatic rings. The highest BCUT2D eigenvalue weighted by molar-refractivity contribution is 5.86.